The van der Waals surface area contributed by atoms with Crippen molar-refractivity contribution >= 4 is 39.1 Å². The van der Waals surface area contributed by atoms with Gasteiger partial charge >= 0.3 is 0 Å². The Morgan fingerprint density at radius 1 is 1.30 bits per heavy atom. The summed E-state index contributed by atoms with van der Waals surface area (Å²) in [6.07, 6.45) is 1.65. The molecular weight excluding hydrogens is 420 g/mol. The number of hydrogen-bond donors (Lipinski definition) is 1. The summed E-state index contributed by atoms with van der Waals surface area (Å²) in [6.45, 7) is 3.06. The van der Waals surface area contributed by atoms with E-state index in [-0.39, 0.29) is 11.9 Å². The molecule has 0 spiro atoms. The number of rotatable bonds is 7. The number of aromatic nitrogens is 2. The number of likely N-dealkylation sites (N-methyl/N-ethyl adjacent to an activating group) is 1. The smallest absolute Gasteiger partial charge is 0.261 e. The fraction of sp³-hybridized carbons (Fsp3) is 0.273. The second-order valence-corrected chi connectivity index (χ2v) is 8.87. The summed E-state index contributed by atoms with van der Waals surface area (Å²) in [5.74, 6) is 0.734. The molecule has 0 aliphatic carbocycles. The first-order valence-electron chi connectivity index (χ1n) is 9.62. The lowest BCUT2D eigenvalue weighted by Crippen LogP contribution is -2.34. The maximum atomic E-state index is 12.8. The first-order chi connectivity index (χ1) is 14.4. The summed E-state index contributed by atoms with van der Waals surface area (Å²) in [5, 5.41) is 9.40. The van der Waals surface area contributed by atoms with Gasteiger partial charge in [-0.05, 0) is 56.9 Å². The standard InChI is InChI=1S/C22H23ClN4O2S/c1-14-17-11-20(21(28)24-12-18(26(2)3)19-5-4-10-29-19)30-22(17)27(25-14)13-15-6-8-16(23)9-7-15/h4-11,18H,12-13H2,1-3H3,(H,24,28)/t18-/m1/s1. The Bertz CT molecular complexity index is 1150. The van der Waals surface area contributed by atoms with Gasteiger partial charge in [-0.15, -0.1) is 11.3 Å². The summed E-state index contributed by atoms with van der Waals surface area (Å²) in [6, 6.07) is 13.4. The predicted molar refractivity (Wildman–Crippen MR) is 120 cm³/mol. The summed E-state index contributed by atoms with van der Waals surface area (Å²) in [4.78, 5) is 16.5. The summed E-state index contributed by atoms with van der Waals surface area (Å²) >= 11 is 7.44. The number of amides is 1. The van der Waals surface area contributed by atoms with Crippen LogP contribution < -0.4 is 5.32 Å². The number of carbonyl (C=O) groups is 1. The number of benzene rings is 1. The fourth-order valence-electron chi connectivity index (χ4n) is 3.39. The normalized spacial score (nSPS) is 12.6. The van der Waals surface area contributed by atoms with E-state index in [1.54, 1.807) is 6.26 Å². The molecule has 1 aromatic carbocycles. The molecule has 4 rings (SSSR count). The van der Waals surface area contributed by atoms with Crippen LogP contribution in [0.4, 0.5) is 0 Å². The van der Waals surface area contributed by atoms with Crippen LogP contribution in [0.5, 0.6) is 0 Å². The number of nitrogens with zero attached hydrogens (tertiary/aromatic N) is 3. The first-order valence-corrected chi connectivity index (χ1v) is 10.8. The van der Waals surface area contributed by atoms with Crippen molar-refractivity contribution in [3.63, 3.8) is 0 Å². The molecule has 1 atom stereocenters. The maximum absolute atomic E-state index is 12.8. The molecule has 0 aliphatic heterocycles. The van der Waals surface area contributed by atoms with Gasteiger partial charge in [0.1, 0.15) is 10.6 Å². The van der Waals surface area contributed by atoms with E-state index >= 15 is 0 Å². The summed E-state index contributed by atoms with van der Waals surface area (Å²) in [5.41, 5.74) is 2.02. The third-order valence-electron chi connectivity index (χ3n) is 5.03. The second-order valence-electron chi connectivity index (χ2n) is 7.40. The molecule has 1 amide bonds. The largest absolute Gasteiger partial charge is 0.468 e. The number of thiophene rings is 1. The lowest BCUT2D eigenvalue weighted by molar-refractivity contribution is 0.0943. The van der Waals surface area contributed by atoms with E-state index in [1.807, 2.05) is 73.1 Å². The number of nitrogens with one attached hydrogen (secondary N) is 1. The topological polar surface area (TPSA) is 63.3 Å². The summed E-state index contributed by atoms with van der Waals surface area (Å²) < 4.78 is 7.46. The van der Waals surface area contributed by atoms with Crippen molar-refractivity contribution in [1.29, 1.82) is 0 Å². The van der Waals surface area contributed by atoms with Crippen LogP contribution in [0.15, 0.2) is 53.1 Å². The van der Waals surface area contributed by atoms with Crippen molar-refractivity contribution < 1.29 is 9.21 Å². The van der Waals surface area contributed by atoms with Crippen molar-refractivity contribution in [2.24, 2.45) is 0 Å². The Morgan fingerprint density at radius 3 is 2.73 bits per heavy atom. The highest BCUT2D eigenvalue weighted by Crippen LogP contribution is 2.29. The number of hydrogen-bond acceptors (Lipinski definition) is 5. The molecule has 0 unspecified atom stereocenters. The third kappa shape index (κ3) is 4.28. The van der Waals surface area contributed by atoms with Crippen LogP contribution in [-0.2, 0) is 6.54 Å². The molecule has 3 aromatic heterocycles. The van der Waals surface area contributed by atoms with Crippen LogP contribution in [0, 0.1) is 6.92 Å². The zero-order valence-corrected chi connectivity index (χ0v) is 18.6. The molecule has 0 radical (unpaired) electrons. The van der Waals surface area contributed by atoms with Crippen LogP contribution >= 0.6 is 22.9 Å². The van der Waals surface area contributed by atoms with Crippen molar-refractivity contribution in [3.05, 3.63) is 75.6 Å². The number of furan rings is 1. The SMILES string of the molecule is Cc1nn(Cc2ccc(Cl)cc2)c2sc(C(=O)NC[C@H](c3ccco3)N(C)C)cc12. The van der Waals surface area contributed by atoms with Gasteiger partial charge in [-0.3, -0.25) is 14.4 Å². The van der Waals surface area contributed by atoms with Crippen LogP contribution in [0.3, 0.4) is 0 Å². The minimum absolute atomic E-state index is 0.0274. The van der Waals surface area contributed by atoms with E-state index < -0.39 is 0 Å². The Hall–Kier alpha value is -2.61. The van der Waals surface area contributed by atoms with Gasteiger partial charge in [-0.25, -0.2) is 0 Å². The second kappa shape index (κ2) is 8.63. The zero-order chi connectivity index (χ0) is 21.3. The van der Waals surface area contributed by atoms with Gasteiger partial charge in [0, 0.05) is 17.0 Å². The van der Waals surface area contributed by atoms with E-state index in [9.17, 15) is 4.79 Å². The molecule has 0 fully saturated rings. The van der Waals surface area contributed by atoms with Crippen molar-refractivity contribution in [3.8, 4) is 0 Å². The third-order valence-corrected chi connectivity index (χ3v) is 6.43. The minimum Gasteiger partial charge on any atom is -0.468 e. The summed E-state index contributed by atoms with van der Waals surface area (Å²) in [7, 11) is 3.93. The van der Waals surface area contributed by atoms with E-state index in [2.05, 4.69) is 10.4 Å². The highest BCUT2D eigenvalue weighted by Gasteiger charge is 2.20. The molecule has 0 saturated heterocycles. The quantitative estimate of drug-likeness (QED) is 0.449. The van der Waals surface area contributed by atoms with Crippen LogP contribution in [0.1, 0.15) is 32.7 Å². The molecule has 6 nitrogen and oxygen atoms in total. The number of halogens is 1. The van der Waals surface area contributed by atoms with Gasteiger partial charge in [-0.1, -0.05) is 23.7 Å². The van der Waals surface area contributed by atoms with Crippen LogP contribution in [0.25, 0.3) is 10.2 Å². The highest BCUT2D eigenvalue weighted by atomic mass is 35.5. The van der Waals surface area contributed by atoms with Gasteiger partial charge in [-0.2, -0.15) is 5.10 Å². The maximum Gasteiger partial charge on any atom is 0.261 e. The molecule has 156 valence electrons. The number of fused-ring (bicyclic) bond motifs is 1. The van der Waals surface area contributed by atoms with Crippen LogP contribution in [-0.4, -0.2) is 41.2 Å². The van der Waals surface area contributed by atoms with E-state index in [0.29, 0.717) is 23.0 Å². The Labute approximate surface area is 184 Å². The lowest BCUT2D eigenvalue weighted by Gasteiger charge is -2.22. The average Bonchev–Trinajstić information content (AvgIpc) is 3.43. The Balaban J connectivity index is 1.51. The fourth-order valence-corrected chi connectivity index (χ4v) is 4.59. The minimum atomic E-state index is -0.0907. The van der Waals surface area contributed by atoms with E-state index in [0.717, 1.165) is 27.2 Å². The number of aryl methyl sites for hydroxylation is 1. The van der Waals surface area contributed by atoms with Crippen molar-refractivity contribution in [2.75, 3.05) is 20.6 Å². The van der Waals surface area contributed by atoms with Gasteiger partial charge in [0.05, 0.1) is 29.4 Å². The average molecular weight is 443 g/mol. The van der Waals surface area contributed by atoms with E-state index in [1.165, 1.54) is 11.3 Å². The molecule has 4 aromatic rings. The molecular formula is C22H23ClN4O2S. The van der Waals surface area contributed by atoms with E-state index in [4.69, 9.17) is 16.0 Å². The van der Waals surface area contributed by atoms with Crippen molar-refractivity contribution in [2.45, 2.75) is 19.5 Å². The lowest BCUT2D eigenvalue weighted by atomic mass is 10.2. The highest BCUT2D eigenvalue weighted by molar-refractivity contribution is 7.20. The molecule has 0 bridgehead atoms. The molecule has 0 aliphatic rings. The van der Waals surface area contributed by atoms with Gasteiger partial charge < -0.3 is 9.73 Å². The molecule has 30 heavy (non-hydrogen) atoms. The number of carbonyl (C=O) groups excluding carboxylic acids is 1. The Morgan fingerprint density at radius 2 is 2.07 bits per heavy atom. The van der Waals surface area contributed by atoms with Gasteiger partial charge in [0.25, 0.3) is 5.91 Å². The van der Waals surface area contributed by atoms with Gasteiger partial charge in [0.15, 0.2) is 0 Å². The van der Waals surface area contributed by atoms with Gasteiger partial charge in [0.2, 0.25) is 0 Å². The van der Waals surface area contributed by atoms with Crippen molar-refractivity contribution in [1.82, 2.24) is 20.0 Å². The molecule has 8 heteroatoms. The molecule has 0 saturated carbocycles. The monoisotopic (exact) mass is 442 g/mol. The Kier molecular flexibility index (Phi) is 5.94. The molecule has 3 heterocycles. The molecule has 1 N–H and O–H groups in total. The zero-order valence-electron chi connectivity index (χ0n) is 17.1. The predicted octanol–water partition coefficient (Wildman–Crippen LogP) is 4.73. The first kappa shape index (κ1) is 20.7. The van der Waals surface area contributed by atoms with Crippen LogP contribution in [0.2, 0.25) is 5.02 Å².